The Kier molecular flexibility index (Phi) is 2.56. The minimum atomic E-state index is -0.693. The molecule has 14 heavy (non-hydrogen) atoms. The van der Waals surface area contributed by atoms with Crippen LogP contribution in [0.4, 0.5) is 0 Å². The largest absolute Gasteiger partial charge is 0.481 e. The fraction of sp³-hybridized carbons (Fsp3) is 0.700. The Morgan fingerprint density at radius 2 is 2.29 bits per heavy atom. The van der Waals surface area contributed by atoms with Crippen molar-refractivity contribution in [2.24, 2.45) is 0 Å². The van der Waals surface area contributed by atoms with E-state index in [0.29, 0.717) is 0 Å². The Hall–Kier alpha value is -0.870. The SMILES string of the molecule is O=C(O)CC1(N2CC=CCC2)CNC1. The highest BCUT2D eigenvalue weighted by Gasteiger charge is 2.43. The first-order valence-electron chi connectivity index (χ1n) is 5.05. The predicted octanol–water partition coefficient (Wildman–Crippen LogP) is 0.0650. The van der Waals surface area contributed by atoms with E-state index >= 15 is 0 Å². The number of carboxylic acids is 1. The maximum Gasteiger partial charge on any atom is 0.305 e. The van der Waals surface area contributed by atoms with Gasteiger partial charge in [-0.3, -0.25) is 9.69 Å². The smallest absolute Gasteiger partial charge is 0.305 e. The molecule has 0 aromatic carbocycles. The average molecular weight is 196 g/mol. The lowest BCUT2D eigenvalue weighted by Gasteiger charge is -2.50. The lowest BCUT2D eigenvalue weighted by molar-refractivity contribution is -0.141. The predicted molar refractivity (Wildman–Crippen MR) is 53.2 cm³/mol. The van der Waals surface area contributed by atoms with Gasteiger partial charge in [-0.25, -0.2) is 0 Å². The fourth-order valence-corrected chi connectivity index (χ4v) is 2.23. The number of carboxylic acid groups (broad SMARTS) is 1. The van der Waals surface area contributed by atoms with Gasteiger partial charge in [0, 0.05) is 26.2 Å². The molecule has 0 unspecified atom stereocenters. The quantitative estimate of drug-likeness (QED) is 0.627. The van der Waals surface area contributed by atoms with Crippen molar-refractivity contribution < 1.29 is 9.90 Å². The standard InChI is InChI=1S/C10H16N2O2/c13-9(14)6-10(7-11-8-10)12-4-2-1-3-5-12/h1-2,11H,3-8H2,(H,13,14). The fourth-order valence-electron chi connectivity index (χ4n) is 2.23. The lowest BCUT2D eigenvalue weighted by atomic mass is 9.85. The normalized spacial score (nSPS) is 25.7. The number of nitrogens with zero attached hydrogens (tertiary/aromatic N) is 1. The summed E-state index contributed by atoms with van der Waals surface area (Å²) in [6, 6.07) is 0. The van der Waals surface area contributed by atoms with Gasteiger partial charge in [-0.2, -0.15) is 0 Å². The van der Waals surface area contributed by atoms with Crippen LogP contribution in [0.25, 0.3) is 0 Å². The van der Waals surface area contributed by atoms with Gasteiger partial charge in [0.1, 0.15) is 0 Å². The number of aliphatic carboxylic acids is 1. The summed E-state index contributed by atoms with van der Waals surface area (Å²) in [5, 5.41) is 12.0. The van der Waals surface area contributed by atoms with E-state index in [2.05, 4.69) is 22.4 Å². The molecule has 0 aromatic rings. The molecule has 0 saturated carbocycles. The molecule has 4 nitrogen and oxygen atoms in total. The monoisotopic (exact) mass is 196 g/mol. The molecule has 0 spiro atoms. The molecule has 0 atom stereocenters. The topological polar surface area (TPSA) is 52.6 Å². The van der Waals surface area contributed by atoms with Gasteiger partial charge in [0.2, 0.25) is 0 Å². The van der Waals surface area contributed by atoms with Gasteiger partial charge in [-0.05, 0) is 6.42 Å². The van der Waals surface area contributed by atoms with Crippen molar-refractivity contribution in [2.45, 2.75) is 18.4 Å². The summed E-state index contributed by atoms with van der Waals surface area (Å²) in [5.41, 5.74) is -0.114. The minimum absolute atomic E-state index is 0.114. The second kappa shape index (κ2) is 3.71. The third kappa shape index (κ3) is 1.67. The molecule has 2 aliphatic rings. The van der Waals surface area contributed by atoms with Gasteiger partial charge in [0.25, 0.3) is 0 Å². The third-order valence-electron chi connectivity index (χ3n) is 3.12. The van der Waals surface area contributed by atoms with Crippen LogP contribution in [0, 0.1) is 0 Å². The molecule has 2 heterocycles. The van der Waals surface area contributed by atoms with Crippen molar-refractivity contribution in [3.8, 4) is 0 Å². The Morgan fingerprint density at radius 3 is 2.71 bits per heavy atom. The van der Waals surface area contributed by atoms with Gasteiger partial charge in [-0.15, -0.1) is 0 Å². The van der Waals surface area contributed by atoms with Gasteiger partial charge < -0.3 is 10.4 Å². The van der Waals surface area contributed by atoms with Crippen LogP contribution in [0.2, 0.25) is 0 Å². The first-order chi connectivity index (χ1) is 6.73. The number of nitrogens with one attached hydrogen (secondary N) is 1. The van der Waals surface area contributed by atoms with Gasteiger partial charge in [0.05, 0.1) is 12.0 Å². The zero-order valence-electron chi connectivity index (χ0n) is 8.20. The minimum Gasteiger partial charge on any atom is -0.481 e. The Labute approximate surface area is 83.6 Å². The molecule has 1 saturated heterocycles. The lowest BCUT2D eigenvalue weighted by Crippen LogP contribution is -2.70. The van der Waals surface area contributed by atoms with Gasteiger partial charge >= 0.3 is 5.97 Å². The summed E-state index contributed by atoms with van der Waals surface area (Å²) in [7, 11) is 0. The van der Waals surface area contributed by atoms with Crippen molar-refractivity contribution in [3.63, 3.8) is 0 Å². The van der Waals surface area contributed by atoms with E-state index in [1.54, 1.807) is 0 Å². The van der Waals surface area contributed by atoms with Crippen LogP contribution in [0.3, 0.4) is 0 Å². The molecule has 4 heteroatoms. The average Bonchev–Trinajstić information content (AvgIpc) is 2.12. The molecule has 0 amide bonds. The van der Waals surface area contributed by atoms with Crippen LogP contribution in [0.1, 0.15) is 12.8 Å². The maximum absolute atomic E-state index is 10.8. The van der Waals surface area contributed by atoms with E-state index in [0.717, 1.165) is 32.6 Å². The Balaban J connectivity index is 2.03. The summed E-state index contributed by atoms with van der Waals surface area (Å²) < 4.78 is 0. The van der Waals surface area contributed by atoms with E-state index in [9.17, 15) is 4.79 Å². The van der Waals surface area contributed by atoms with Crippen molar-refractivity contribution >= 4 is 5.97 Å². The van der Waals surface area contributed by atoms with Crippen LogP contribution >= 0.6 is 0 Å². The molecule has 78 valence electrons. The van der Waals surface area contributed by atoms with Crippen molar-refractivity contribution in [1.29, 1.82) is 0 Å². The molecule has 0 aromatic heterocycles. The summed E-state index contributed by atoms with van der Waals surface area (Å²) in [6.07, 6.45) is 5.59. The number of hydrogen-bond acceptors (Lipinski definition) is 3. The second-order valence-corrected chi connectivity index (χ2v) is 4.10. The molecule has 0 aliphatic carbocycles. The molecule has 2 aliphatic heterocycles. The second-order valence-electron chi connectivity index (χ2n) is 4.10. The van der Waals surface area contributed by atoms with E-state index in [4.69, 9.17) is 5.11 Å². The third-order valence-corrected chi connectivity index (χ3v) is 3.12. The Morgan fingerprint density at radius 1 is 1.50 bits per heavy atom. The first-order valence-corrected chi connectivity index (χ1v) is 5.05. The first kappa shape index (κ1) is 9.68. The van der Waals surface area contributed by atoms with Crippen LogP contribution in [-0.4, -0.2) is 47.7 Å². The molecule has 0 radical (unpaired) electrons. The summed E-state index contributed by atoms with van der Waals surface area (Å²) in [5.74, 6) is -0.693. The van der Waals surface area contributed by atoms with E-state index in [1.807, 2.05) is 0 Å². The van der Waals surface area contributed by atoms with Crippen LogP contribution in [-0.2, 0) is 4.79 Å². The molecule has 0 bridgehead atoms. The van der Waals surface area contributed by atoms with Crippen LogP contribution in [0.5, 0.6) is 0 Å². The van der Waals surface area contributed by atoms with Gasteiger partial charge in [0.15, 0.2) is 0 Å². The van der Waals surface area contributed by atoms with Crippen LogP contribution in [0.15, 0.2) is 12.2 Å². The zero-order chi connectivity index (χ0) is 10.0. The summed E-state index contributed by atoms with van der Waals surface area (Å²) in [6.45, 7) is 3.51. The van der Waals surface area contributed by atoms with Crippen molar-refractivity contribution in [2.75, 3.05) is 26.2 Å². The highest BCUT2D eigenvalue weighted by atomic mass is 16.4. The molecule has 1 fully saturated rings. The van der Waals surface area contributed by atoms with E-state index in [1.165, 1.54) is 0 Å². The van der Waals surface area contributed by atoms with Crippen LogP contribution < -0.4 is 5.32 Å². The number of hydrogen-bond donors (Lipinski definition) is 2. The number of carbonyl (C=O) groups is 1. The summed E-state index contributed by atoms with van der Waals surface area (Å²) in [4.78, 5) is 13.1. The molecule has 2 N–H and O–H groups in total. The molecule has 2 rings (SSSR count). The van der Waals surface area contributed by atoms with Crippen molar-refractivity contribution in [3.05, 3.63) is 12.2 Å². The maximum atomic E-state index is 10.8. The number of rotatable bonds is 3. The molecular weight excluding hydrogens is 180 g/mol. The summed E-state index contributed by atoms with van der Waals surface area (Å²) >= 11 is 0. The van der Waals surface area contributed by atoms with E-state index in [-0.39, 0.29) is 12.0 Å². The highest BCUT2D eigenvalue weighted by molar-refractivity contribution is 5.68. The zero-order valence-corrected chi connectivity index (χ0v) is 8.20. The molecular formula is C10H16N2O2. The Bertz CT molecular complexity index is 259. The van der Waals surface area contributed by atoms with Gasteiger partial charge in [-0.1, -0.05) is 12.2 Å². The highest BCUT2D eigenvalue weighted by Crippen LogP contribution is 2.26. The van der Waals surface area contributed by atoms with Crippen molar-refractivity contribution in [1.82, 2.24) is 10.2 Å². The van der Waals surface area contributed by atoms with E-state index < -0.39 is 5.97 Å².